The second-order valence-corrected chi connectivity index (χ2v) is 0.334. The van der Waals surface area contributed by atoms with Gasteiger partial charge in [0, 0.05) is 6.47 Å². The third-order valence-electron chi connectivity index (χ3n) is 0. The summed E-state index contributed by atoms with van der Waals surface area (Å²) in [5, 5.41) is 21.9. The average molecular weight is 147 g/mol. The smallest absolute Gasteiger partial charge is 0.554 e. The first-order valence-corrected chi connectivity index (χ1v) is 1.04. The molecule has 0 aromatic carbocycles. The van der Waals surface area contributed by atoms with E-state index >= 15 is 0 Å². The maximum atomic E-state index is 8.36. The number of carboxylic acid groups (broad SMARTS) is 1. The predicted octanol–water partition coefficient (Wildman–Crippen LogP) is -4.98. The van der Waals surface area contributed by atoms with E-state index in [-0.39, 0.29) is 51.4 Å². The molecule has 0 atom stereocenters. The minimum atomic E-state index is -1.50. The molecular weight excluding hydrogens is 145 g/mol. The van der Waals surface area contributed by atoms with Crippen molar-refractivity contribution < 1.29 is 71.6 Å². The van der Waals surface area contributed by atoms with Gasteiger partial charge >= 0.3 is 51.4 Å². The van der Waals surface area contributed by atoms with Crippen molar-refractivity contribution in [1.82, 2.24) is 0 Å². The Balaban J connectivity index is -0.0000000575. The van der Waals surface area contributed by atoms with E-state index in [1.54, 1.807) is 0 Å². The number of carbonyl (C=O) groups excluding carboxylic acids is 1. The monoisotopic (exact) mass is 147 g/mol. The fourth-order valence-corrected chi connectivity index (χ4v) is 0. The molecule has 8 heavy (non-hydrogen) atoms. The quantitative estimate of drug-likeness (QED) is 0.160. The van der Waals surface area contributed by atoms with Crippen LogP contribution in [0.3, 0.4) is 0 Å². The molecule has 0 fully saturated rings. The number of hydrogen-bond donors (Lipinski definition) is 1. The maximum absolute atomic E-state index is 8.36. The van der Waals surface area contributed by atoms with Gasteiger partial charge in [-0.1, -0.05) is 0 Å². The molecule has 6 nitrogen and oxygen atoms in total. The Hall–Kier alpha value is 0.306. The average Bonchev–Trinajstić information content (AvgIpc) is 1.33. The van der Waals surface area contributed by atoms with Crippen molar-refractivity contribution >= 4 is 6.47 Å². The van der Waals surface area contributed by atoms with Crippen molar-refractivity contribution in [2.24, 2.45) is 0 Å². The first-order chi connectivity index (χ1) is 3.15. The summed E-state index contributed by atoms with van der Waals surface area (Å²) in [5.41, 5.74) is 0. The third-order valence-corrected chi connectivity index (χ3v) is 0. The number of nitrogens with zero attached hydrogens (tertiary/aromatic N) is 1. The van der Waals surface area contributed by atoms with Crippen molar-refractivity contribution in [2.45, 2.75) is 0 Å². The number of carbonyl (C=O) groups is 1. The van der Waals surface area contributed by atoms with Gasteiger partial charge in [0.1, 0.15) is 0 Å². The predicted molar refractivity (Wildman–Crippen MR) is 14.8 cm³/mol. The zero-order valence-corrected chi connectivity index (χ0v) is 7.23. The summed E-state index contributed by atoms with van der Waals surface area (Å²) in [6.45, 7) is -0.500. The van der Waals surface area contributed by atoms with Gasteiger partial charge in [-0.25, -0.2) is 0 Å². The van der Waals surface area contributed by atoms with Crippen molar-refractivity contribution in [3.63, 3.8) is 0 Å². The molecule has 0 amide bonds. The Labute approximate surface area is 87.0 Å². The normalized spacial score (nSPS) is 4.50. The van der Waals surface area contributed by atoms with E-state index in [0.29, 0.717) is 0 Å². The molecule has 0 bridgehead atoms. The summed E-state index contributed by atoms with van der Waals surface area (Å²) in [6, 6.07) is 0. The van der Waals surface area contributed by atoms with Gasteiger partial charge < -0.3 is 15.1 Å². The van der Waals surface area contributed by atoms with Crippen molar-refractivity contribution in [3.8, 4) is 0 Å². The number of rotatable bonds is 0. The van der Waals surface area contributed by atoms with Gasteiger partial charge in [0.25, 0.3) is 5.09 Å². The molecule has 0 aromatic heterocycles. The second kappa shape index (κ2) is 15.7. The zero-order chi connectivity index (χ0) is 6.28. The van der Waals surface area contributed by atoms with E-state index in [9.17, 15) is 0 Å². The topological polar surface area (TPSA) is 104 Å². The van der Waals surface area contributed by atoms with E-state index in [1.165, 1.54) is 0 Å². The molecule has 0 heterocycles. The minimum Gasteiger partial charge on any atom is -0.554 e. The molecule has 0 aromatic rings. The Morgan fingerprint density at radius 3 is 1.62 bits per heavy atom. The second-order valence-electron chi connectivity index (χ2n) is 0.334. The van der Waals surface area contributed by atoms with Crippen LogP contribution >= 0.6 is 0 Å². The first-order valence-electron chi connectivity index (χ1n) is 1.04. The molecule has 42 valence electrons. The standard InChI is InChI=1S/CH2O2.K.HNO3/c2-1-3;;2-1(3)4/h1H,(H,2,3);;(H,2,3,4)/q;+1;/p-1. The minimum absolute atomic E-state index is 0. The fourth-order valence-electron chi connectivity index (χ4n) is 0. The van der Waals surface area contributed by atoms with Crippen LogP contribution in [0.4, 0.5) is 0 Å². The Kier molecular flexibility index (Phi) is 30.8. The summed E-state index contributed by atoms with van der Waals surface area (Å²) in [4.78, 5) is 16.6. The van der Waals surface area contributed by atoms with Crippen LogP contribution < -0.4 is 56.5 Å². The molecule has 0 aliphatic rings. The molecule has 0 radical (unpaired) electrons. The van der Waals surface area contributed by atoms with Crippen LogP contribution in [0, 0.1) is 10.1 Å². The maximum Gasteiger partial charge on any atom is 1.00 e. The van der Waals surface area contributed by atoms with Crippen LogP contribution in [0.2, 0.25) is 0 Å². The van der Waals surface area contributed by atoms with Crippen molar-refractivity contribution in [2.75, 3.05) is 0 Å². The van der Waals surface area contributed by atoms with E-state index in [1.807, 2.05) is 0 Å². The third kappa shape index (κ3) is 1890. The first kappa shape index (κ1) is 15.7. The van der Waals surface area contributed by atoms with Crippen LogP contribution in [0.25, 0.3) is 0 Å². The van der Waals surface area contributed by atoms with Crippen LogP contribution in [0.15, 0.2) is 0 Å². The SMILES string of the molecule is O=C[O-].O=[N+]([O-])O.[K+]. The summed E-state index contributed by atoms with van der Waals surface area (Å²) >= 11 is 0. The van der Waals surface area contributed by atoms with E-state index in [4.69, 9.17) is 25.2 Å². The van der Waals surface area contributed by atoms with Gasteiger partial charge in [-0.05, 0) is 0 Å². The van der Waals surface area contributed by atoms with E-state index in [0.717, 1.165) is 0 Å². The van der Waals surface area contributed by atoms with Gasteiger partial charge in [0.05, 0.1) is 0 Å². The largest absolute Gasteiger partial charge is 1.00 e. The summed E-state index contributed by atoms with van der Waals surface area (Å²) in [7, 11) is 0. The molecule has 0 rings (SSSR count). The van der Waals surface area contributed by atoms with Gasteiger partial charge in [-0.2, -0.15) is 0 Å². The van der Waals surface area contributed by atoms with Gasteiger partial charge in [-0.15, -0.1) is 10.1 Å². The van der Waals surface area contributed by atoms with Crippen molar-refractivity contribution in [1.29, 1.82) is 0 Å². The summed E-state index contributed by atoms with van der Waals surface area (Å²) < 4.78 is 0. The molecule has 0 aliphatic heterocycles. The molecule has 0 saturated heterocycles. The molecule has 0 unspecified atom stereocenters. The van der Waals surface area contributed by atoms with Crippen LogP contribution in [-0.4, -0.2) is 16.8 Å². The van der Waals surface area contributed by atoms with Gasteiger partial charge in [0.2, 0.25) is 0 Å². The molecule has 1 N–H and O–H groups in total. The zero-order valence-electron chi connectivity index (χ0n) is 4.10. The molecule has 0 saturated carbocycles. The summed E-state index contributed by atoms with van der Waals surface area (Å²) in [5.74, 6) is 0. The Bertz CT molecular complexity index is 59.4. The van der Waals surface area contributed by atoms with Crippen LogP contribution in [0.1, 0.15) is 0 Å². The number of hydrogen-bond acceptors (Lipinski definition) is 4. The Morgan fingerprint density at radius 2 is 1.62 bits per heavy atom. The molecule has 7 heteroatoms. The van der Waals surface area contributed by atoms with Crippen LogP contribution in [0.5, 0.6) is 0 Å². The van der Waals surface area contributed by atoms with E-state index < -0.39 is 11.6 Å². The molecule has 0 spiro atoms. The summed E-state index contributed by atoms with van der Waals surface area (Å²) in [6.07, 6.45) is 0. The molecule has 0 aliphatic carbocycles. The van der Waals surface area contributed by atoms with E-state index in [2.05, 4.69) is 0 Å². The Morgan fingerprint density at radius 1 is 1.62 bits per heavy atom. The molecular formula is CH2KNO5. The van der Waals surface area contributed by atoms with Gasteiger partial charge in [-0.3, -0.25) is 0 Å². The van der Waals surface area contributed by atoms with Crippen molar-refractivity contribution in [3.05, 3.63) is 10.1 Å². The fraction of sp³-hybridized carbons (Fsp3) is 0. The van der Waals surface area contributed by atoms with Gasteiger partial charge in [0.15, 0.2) is 0 Å². The van der Waals surface area contributed by atoms with Crippen LogP contribution in [-0.2, 0) is 4.79 Å².